The molecule has 0 spiro atoms. The van der Waals surface area contributed by atoms with Crippen molar-refractivity contribution in [2.24, 2.45) is 0 Å². The highest BCUT2D eigenvalue weighted by Gasteiger charge is 2.29. The molecule has 1 N–H and O–H groups in total. The van der Waals surface area contributed by atoms with E-state index in [9.17, 15) is 12.8 Å². The minimum atomic E-state index is -3.60. The molecular formula is C23H24FN3O4S2. The van der Waals surface area contributed by atoms with Crippen molar-refractivity contribution in [1.82, 2.24) is 9.62 Å². The lowest BCUT2D eigenvalue weighted by Crippen LogP contribution is -2.50. The first-order valence-electron chi connectivity index (χ1n) is 10.7. The number of sulfonamides is 1. The van der Waals surface area contributed by atoms with Gasteiger partial charge in [0.05, 0.1) is 5.69 Å². The molecule has 0 bridgehead atoms. The van der Waals surface area contributed by atoms with Gasteiger partial charge in [0.2, 0.25) is 16.8 Å². The van der Waals surface area contributed by atoms with Gasteiger partial charge in [-0.2, -0.15) is 0 Å². The van der Waals surface area contributed by atoms with Gasteiger partial charge in [-0.25, -0.2) is 17.5 Å². The first kappa shape index (κ1) is 22.1. The van der Waals surface area contributed by atoms with Crippen LogP contribution in [0.4, 0.5) is 10.1 Å². The van der Waals surface area contributed by atoms with E-state index in [0.717, 1.165) is 5.56 Å². The summed E-state index contributed by atoms with van der Waals surface area (Å²) >= 11 is 1.19. The van der Waals surface area contributed by atoms with Gasteiger partial charge in [-0.3, -0.25) is 4.90 Å². The Bertz CT molecular complexity index is 1210. The normalized spacial score (nSPS) is 17.3. The van der Waals surface area contributed by atoms with Crippen molar-refractivity contribution in [2.45, 2.75) is 10.3 Å². The maximum absolute atomic E-state index is 14.3. The topological polar surface area (TPSA) is 71.1 Å². The van der Waals surface area contributed by atoms with Crippen molar-refractivity contribution < 1.29 is 22.3 Å². The van der Waals surface area contributed by atoms with Crippen LogP contribution in [0.2, 0.25) is 0 Å². The zero-order valence-corrected chi connectivity index (χ0v) is 19.4. The Balaban J connectivity index is 1.36. The first-order valence-corrected chi connectivity index (χ1v) is 13.0. The average molecular weight is 490 g/mol. The van der Waals surface area contributed by atoms with Crippen LogP contribution in [0.25, 0.3) is 0 Å². The van der Waals surface area contributed by atoms with Crippen LogP contribution in [-0.2, 0) is 10.0 Å². The molecule has 5 rings (SSSR count). The van der Waals surface area contributed by atoms with Crippen molar-refractivity contribution >= 4 is 27.0 Å². The second kappa shape index (κ2) is 9.30. The van der Waals surface area contributed by atoms with E-state index in [4.69, 9.17) is 9.47 Å². The lowest BCUT2D eigenvalue weighted by molar-refractivity contribution is 0.173. The number of piperazine rings is 1. The summed E-state index contributed by atoms with van der Waals surface area (Å²) < 4.78 is 53.8. The summed E-state index contributed by atoms with van der Waals surface area (Å²) in [5, 5.41) is 1.74. The summed E-state index contributed by atoms with van der Waals surface area (Å²) in [4.78, 5) is 4.25. The molecule has 1 aromatic heterocycles. The van der Waals surface area contributed by atoms with Crippen LogP contribution in [-0.4, -0.2) is 52.8 Å². The van der Waals surface area contributed by atoms with Gasteiger partial charge < -0.3 is 14.4 Å². The lowest BCUT2D eigenvalue weighted by Gasteiger charge is -2.40. The molecule has 10 heteroatoms. The Morgan fingerprint density at radius 3 is 2.55 bits per heavy atom. The van der Waals surface area contributed by atoms with Gasteiger partial charge >= 0.3 is 0 Å². The summed E-state index contributed by atoms with van der Waals surface area (Å²) in [6, 6.07) is 15.6. The maximum atomic E-state index is 14.3. The standard InChI is InChI=1S/C23H24FN3O4S2/c24-18-4-1-2-5-19(18)26-9-11-27(12-10-26)20(15-25-33(28,29)23-6-3-13-32-23)17-7-8-21-22(14-17)31-16-30-21/h1-8,13-14,20,25H,9-12,15-16H2. The zero-order chi connectivity index (χ0) is 22.8. The predicted molar refractivity (Wildman–Crippen MR) is 125 cm³/mol. The number of rotatable bonds is 7. The number of anilines is 1. The third-order valence-electron chi connectivity index (χ3n) is 5.96. The monoisotopic (exact) mass is 489 g/mol. The van der Waals surface area contributed by atoms with Crippen molar-refractivity contribution in [2.75, 3.05) is 44.4 Å². The molecule has 33 heavy (non-hydrogen) atoms. The summed E-state index contributed by atoms with van der Waals surface area (Å²) in [5.74, 6) is 1.10. The Morgan fingerprint density at radius 2 is 1.79 bits per heavy atom. The summed E-state index contributed by atoms with van der Waals surface area (Å²) in [7, 11) is -3.60. The highest BCUT2D eigenvalue weighted by atomic mass is 32.2. The van der Waals surface area contributed by atoms with Gasteiger partial charge in [0.15, 0.2) is 11.5 Å². The van der Waals surface area contributed by atoms with E-state index in [0.29, 0.717) is 43.4 Å². The fourth-order valence-electron chi connectivity index (χ4n) is 4.24. The Hall–Kier alpha value is -2.66. The molecule has 2 aliphatic heterocycles. The van der Waals surface area contributed by atoms with Gasteiger partial charge in [0.1, 0.15) is 10.0 Å². The molecule has 7 nitrogen and oxygen atoms in total. The largest absolute Gasteiger partial charge is 0.454 e. The minimum Gasteiger partial charge on any atom is -0.454 e. The number of fused-ring (bicyclic) bond motifs is 1. The van der Waals surface area contributed by atoms with Crippen LogP contribution in [0.5, 0.6) is 11.5 Å². The number of benzene rings is 2. The highest BCUT2D eigenvalue weighted by Crippen LogP contribution is 2.36. The van der Waals surface area contributed by atoms with Gasteiger partial charge in [0.25, 0.3) is 0 Å². The van der Waals surface area contributed by atoms with E-state index in [2.05, 4.69) is 9.62 Å². The van der Waals surface area contributed by atoms with Crippen LogP contribution in [0, 0.1) is 5.82 Å². The Labute approximate surface area is 196 Å². The number of nitrogens with one attached hydrogen (secondary N) is 1. The lowest BCUT2D eigenvalue weighted by atomic mass is 10.0. The number of thiophene rings is 1. The molecule has 1 saturated heterocycles. The molecule has 0 amide bonds. The molecule has 1 unspecified atom stereocenters. The van der Waals surface area contributed by atoms with Crippen molar-refractivity contribution in [3.63, 3.8) is 0 Å². The third kappa shape index (κ3) is 4.70. The minimum absolute atomic E-state index is 0.176. The van der Waals surface area contributed by atoms with Crippen molar-refractivity contribution in [3.05, 3.63) is 71.4 Å². The Kier molecular flexibility index (Phi) is 6.24. The second-order valence-corrected chi connectivity index (χ2v) is 10.8. The number of hydrogen-bond acceptors (Lipinski definition) is 7. The SMILES string of the molecule is O=S(=O)(NCC(c1ccc2c(c1)OCO2)N1CCN(c2ccccc2F)CC1)c1cccs1. The molecule has 0 saturated carbocycles. The molecule has 0 radical (unpaired) electrons. The van der Waals surface area contributed by atoms with Gasteiger partial charge in [-0.1, -0.05) is 24.3 Å². The van der Waals surface area contributed by atoms with Crippen LogP contribution in [0.1, 0.15) is 11.6 Å². The van der Waals surface area contributed by atoms with Crippen LogP contribution >= 0.6 is 11.3 Å². The molecule has 1 atom stereocenters. The van der Waals surface area contributed by atoms with Gasteiger partial charge in [-0.15, -0.1) is 11.3 Å². The fraction of sp³-hybridized carbons (Fsp3) is 0.304. The average Bonchev–Trinajstić information content (AvgIpc) is 3.52. The van der Waals surface area contributed by atoms with E-state index in [1.165, 1.54) is 17.4 Å². The molecule has 2 aliphatic rings. The molecule has 1 fully saturated rings. The van der Waals surface area contributed by atoms with Crippen LogP contribution in [0.3, 0.4) is 0 Å². The van der Waals surface area contributed by atoms with E-state index in [1.54, 1.807) is 29.6 Å². The van der Waals surface area contributed by atoms with Gasteiger partial charge in [-0.05, 0) is 41.3 Å². The highest BCUT2D eigenvalue weighted by molar-refractivity contribution is 7.91. The van der Waals surface area contributed by atoms with E-state index in [1.807, 2.05) is 29.2 Å². The summed E-state index contributed by atoms with van der Waals surface area (Å²) in [5.41, 5.74) is 1.53. The van der Waals surface area contributed by atoms with Gasteiger partial charge in [0, 0.05) is 38.8 Å². The van der Waals surface area contributed by atoms with E-state index in [-0.39, 0.29) is 29.4 Å². The number of hydrogen-bond donors (Lipinski definition) is 1. The molecule has 0 aliphatic carbocycles. The number of ether oxygens (including phenoxy) is 2. The second-order valence-electron chi connectivity index (χ2n) is 7.89. The Morgan fingerprint density at radius 1 is 1.00 bits per heavy atom. The molecule has 3 aromatic rings. The predicted octanol–water partition coefficient (Wildman–Crippen LogP) is 3.46. The fourth-order valence-corrected chi connectivity index (χ4v) is 6.31. The van der Waals surface area contributed by atoms with E-state index < -0.39 is 10.0 Å². The number of nitrogens with zero attached hydrogens (tertiary/aromatic N) is 2. The molecule has 174 valence electrons. The third-order valence-corrected chi connectivity index (χ3v) is 8.78. The number of halogens is 1. The first-order chi connectivity index (χ1) is 16.0. The summed E-state index contributed by atoms with van der Waals surface area (Å²) in [6.07, 6.45) is 0. The van der Waals surface area contributed by atoms with Crippen LogP contribution < -0.4 is 19.1 Å². The molecule has 2 aromatic carbocycles. The summed E-state index contributed by atoms with van der Waals surface area (Å²) in [6.45, 7) is 2.98. The van der Waals surface area contributed by atoms with E-state index >= 15 is 0 Å². The zero-order valence-electron chi connectivity index (χ0n) is 17.8. The maximum Gasteiger partial charge on any atom is 0.250 e. The number of para-hydroxylation sites is 1. The molecular weight excluding hydrogens is 465 g/mol. The quantitative estimate of drug-likeness (QED) is 0.548. The van der Waals surface area contributed by atoms with Crippen molar-refractivity contribution in [3.8, 4) is 11.5 Å². The van der Waals surface area contributed by atoms with Crippen molar-refractivity contribution in [1.29, 1.82) is 0 Å². The molecule has 3 heterocycles. The van der Waals surface area contributed by atoms with Crippen LogP contribution in [0.15, 0.2) is 64.2 Å². The smallest absolute Gasteiger partial charge is 0.250 e.